The van der Waals surface area contributed by atoms with Crippen LogP contribution in [0.2, 0.25) is 0 Å². The van der Waals surface area contributed by atoms with Gasteiger partial charge in [-0.15, -0.1) is 0 Å². The molecule has 0 bridgehead atoms. The number of carbonyl (C=O) groups is 1. The van der Waals surface area contributed by atoms with Gasteiger partial charge in [0.25, 0.3) is 0 Å². The molecule has 2 aromatic carbocycles. The van der Waals surface area contributed by atoms with E-state index in [9.17, 15) is 13.2 Å². The van der Waals surface area contributed by atoms with E-state index < -0.39 is 22.0 Å². The van der Waals surface area contributed by atoms with Crippen molar-refractivity contribution in [3.8, 4) is 11.5 Å². The lowest BCUT2D eigenvalue weighted by Gasteiger charge is -2.23. The summed E-state index contributed by atoms with van der Waals surface area (Å²) in [7, 11) is -3.94. The van der Waals surface area contributed by atoms with E-state index in [1.165, 1.54) is 17.7 Å². The Bertz CT molecular complexity index is 987. The monoisotopic (exact) mass is 432 g/mol. The minimum absolute atomic E-state index is 0.0223. The van der Waals surface area contributed by atoms with Crippen LogP contribution >= 0.6 is 0 Å². The van der Waals surface area contributed by atoms with Crippen molar-refractivity contribution in [2.45, 2.75) is 44.6 Å². The van der Waals surface area contributed by atoms with E-state index in [0.29, 0.717) is 30.4 Å². The number of hydrogen-bond acceptors (Lipinski definition) is 5. The summed E-state index contributed by atoms with van der Waals surface area (Å²) in [5, 5.41) is 2.81. The Morgan fingerprint density at radius 3 is 2.33 bits per heavy atom. The molecule has 0 saturated carbocycles. The number of hydrogen-bond donors (Lipinski definition) is 2. The lowest BCUT2D eigenvalue weighted by molar-refractivity contribution is -0.118. The van der Waals surface area contributed by atoms with Crippen molar-refractivity contribution in [2.24, 2.45) is 5.92 Å². The molecule has 3 rings (SSSR count). The summed E-state index contributed by atoms with van der Waals surface area (Å²) in [6, 6.07) is 11.1. The highest BCUT2D eigenvalue weighted by Crippen LogP contribution is 2.32. The van der Waals surface area contributed by atoms with Crippen LogP contribution in [0.5, 0.6) is 11.5 Å². The van der Waals surface area contributed by atoms with E-state index in [4.69, 9.17) is 9.47 Å². The van der Waals surface area contributed by atoms with Gasteiger partial charge in [-0.3, -0.25) is 4.79 Å². The fourth-order valence-electron chi connectivity index (χ4n) is 3.18. The molecule has 30 heavy (non-hydrogen) atoms. The average molecular weight is 433 g/mol. The molecule has 2 N–H and O–H groups in total. The first kappa shape index (κ1) is 22.1. The van der Waals surface area contributed by atoms with Gasteiger partial charge < -0.3 is 14.8 Å². The van der Waals surface area contributed by atoms with Gasteiger partial charge in [-0.25, -0.2) is 8.42 Å². The number of carbonyl (C=O) groups excluding carboxylic acids is 1. The predicted molar refractivity (Wildman–Crippen MR) is 115 cm³/mol. The Kier molecular flexibility index (Phi) is 6.99. The maximum atomic E-state index is 12.9. The third-order valence-electron chi connectivity index (χ3n) is 4.82. The van der Waals surface area contributed by atoms with Crippen LogP contribution in [0, 0.1) is 5.92 Å². The van der Waals surface area contributed by atoms with E-state index >= 15 is 0 Å². The molecule has 2 aromatic rings. The SMILES string of the molecule is CCCc1ccc(NC(=O)C(NS(=O)(=O)c2ccc3c(c2)OCCO3)C(C)C)cc1. The number of benzene rings is 2. The largest absolute Gasteiger partial charge is 0.486 e. The maximum Gasteiger partial charge on any atom is 0.242 e. The quantitative estimate of drug-likeness (QED) is 0.667. The fourth-order valence-corrected chi connectivity index (χ4v) is 4.54. The van der Waals surface area contributed by atoms with Crippen LogP contribution in [0.1, 0.15) is 32.8 Å². The Labute approximate surface area is 177 Å². The maximum absolute atomic E-state index is 12.9. The molecule has 1 aliphatic rings. The number of nitrogens with one attached hydrogen (secondary N) is 2. The molecule has 0 aromatic heterocycles. The summed E-state index contributed by atoms with van der Waals surface area (Å²) in [6.45, 7) is 6.48. The minimum Gasteiger partial charge on any atom is -0.486 e. The number of amides is 1. The third-order valence-corrected chi connectivity index (χ3v) is 6.25. The van der Waals surface area contributed by atoms with Gasteiger partial charge in [-0.1, -0.05) is 39.3 Å². The molecular weight excluding hydrogens is 404 g/mol. The molecule has 1 aliphatic heterocycles. The van der Waals surface area contributed by atoms with Gasteiger partial charge >= 0.3 is 0 Å². The van der Waals surface area contributed by atoms with Gasteiger partial charge in [0.15, 0.2) is 11.5 Å². The van der Waals surface area contributed by atoms with Crippen molar-refractivity contribution in [1.29, 1.82) is 0 Å². The van der Waals surface area contributed by atoms with Crippen molar-refractivity contribution in [1.82, 2.24) is 4.72 Å². The number of ether oxygens (including phenoxy) is 2. The summed E-state index contributed by atoms with van der Waals surface area (Å²) in [6.07, 6.45) is 2.01. The van der Waals surface area contributed by atoms with Crippen LogP contribution in [0.3, 0.4) is 0 Å². The smallest absolute Gasteiger partial charge is 0.242 e. The Hall–Kier alpha value is -2.58. The van der Waals surface area contributed by atoms with Crippen LogP contribution in [0.4, 0.5) is 5.69 Å². The van der Waals surface area contributed by atoms with E-state index in [2.05, 4.69) is 17.0 Å². The molecule has 0 saturated heterocycles. The highest BCUT2D eigenvalue weighted by molar-refractivity contribution is 7.89. The Morgan fingerprint density at radius 2 is 1.70 bits per heavy atom. The standard InChI is InChI=1S/C22H28N2O5S/c1-4-5-16-6-8-17(9-7-16)23-22(25)21(15(2)3)24-30(26,27)18-10-11-19-20(14-18)29-13-12-28-19/h6-11,14-15,21,24H,4-5,12-13H2,1-3H3,(H,23,25). The van der Waals surface area contributed by atoms with Gasteiger partial charge in [0.1, 0.15) is 19.3 Å². The number of fused-ring (bicyclic) bond motifs is 1. The molecular formula is C22H28N2O5S. The first-order valence-corrected chi connectivity index (χ1v) is 11.6. The van der Waals surface area contributed by atoms with Gasteiger partial charge in [-0.2, -0.15) is 4.72 Å². The lowest BCUT2D eigenvalue weighted by Crippen LogP contribution is -2.47. The second-order valence-electron chi connectivity index (χ2n) is 7.58. The van der Waals surface area contributed by atoms with Crippen LogP contribution < -0.4 is 19.5 Å². The van der Waals surface area contributed by atoms with Crippen LogP contribution in [-0.2, 0) is 21.2 Å². The topological polar surface area (TPSA) is 93.7 Å². The average Bonchev–Trinajstić information content (AvgIpc) is 2.73. The summed E-state index contributed by atoms with van der Waals surface area (Å²) >= 11 is 0. The van der Waals surface area contributed by atoms with E-state index in [1.54, 1.807) is 19.9 Å². The minimum atomic E-state index is -3.94. The van der Waals surface area contributed by atoms with Gasteiger partial charge in [-0.05, 0) is 42.2 Å². The lowest BCUT2D eigenvalue weighted by atomic mass is 10.0. The molecule has 1 unspecified atom stereocenters. The summed E-state index contributed by atoms with van der Waals surface area (Å²) in [4.78, 5) is 12.8. The van der Waals surface area contributed by atoms with Gasteiger partial charge in [0, 0.05) is 11.8 Å². The number of aryl methyl sites for hydroxylation is 1. The molecule has 7 nitrogen and oxygen atoms in total. The molecule has 8 heteroatoms. The van der Waals surface area contributed by atoms with Crippen molar-refractivity contribution in [3.63, 3.8) is 0 Å². The first-order chi connectivity index (χ1) is 14.3. The van der Waals surface area contributed by atoms with Crippen molar-refractivity contribution in [2.75, 3.05) is 18.5 Å². The van der Waals surface area contributed by atoms with Crippen molar-refractivity contribution < 1.29 is 22.7 Å². The zero-order valence-electron chi connectivity index (χ0n) is 17.5. The number of anilines is 1. The fraction of sp³-hybridized carbons (Fsp3) is 0.409. The van der Waals surface area contributed by atoms with E-state index in [-0.39, 0.29) is 10.8 Å². The third kappa shape index (κ3) is 5.31. The molecule has 162 valence electrons. The van der Waals surface area contributed by atoms with Crippen LogP contribution in [0.25, 0.3) is 0 Å². The van der Waals surface area contributed by atoms with Crippen molar-refractivity contribution in [3.05, 3.63) is 48.0 Å². The number of rotatable bonds is 8. The van der Waals surface area contributed by atoms with E-state index in [0.717, 1.165) is 12.8 Å². The molecule has 0 spiro atoms. The van der Waals surface area contributed by atoms with Gasteiger partial charge in [0.05, 0.1) is 4.90 Å². The van der Waals surface area contributed by atoms with Crippen molar-refractivity contribution >= 4 is 21.6 Å². The molecule has 1 atom stereocenters. The highest BCUT2D eigenvalue weighted by Gasteiger charge is 2.29. The second kappa shape index (κ2) is 9.49. The van der Waals surface area contributed by atoms with Gasteiger partial charge in [0.2, 0.25) is 15.9 Å². The molecule has 0 fully saturated rings. The summed E-state index contributed by atoms with van der Waals surface area (Å²) in [5.41, 5.74) is 1.82. The Balaban J connectivity index is 1.74. The van der Waals surface area contributed by atoms with Crippen LogP contribution in [0.15, 0.2) is 47.4 Å². The number of sulfonamides is 1. The van der Waals surface area contributed by atoms with E-state index in [1.807, 2.05) is 24.3 Å². The summed E-state index contributed by atoms with van der Waals surface area (Å²) < 4.78 is 39.3. The Morgan fingerprint density at radius 1 is 1.03 bits per heavy atom. The van der Waals surface area contributed by atoms with Crippen LogP contribution in [-0.4, -0.2) is 33.6 Å². The highest BCUT2D eigenvalue weighted by atomic mass is 32.2. The first-order valence-electron chi connectivity index (χ1n) is 10.1. The molecule has 1 amide bonds. The summed E-state index contributed by atoms with van der Waals surface area (Å²) in [5.74, 6) is 0.220. The normalized spacial score (nSPS) is 14.4. The zero-order valence-corrected chi connectivity index (χ0v) is 18.3. The second-order valence-corrected chi connectivity index (χ2v) is 9.30. The zero-order chi connectivity index (χ0) is 21.7. The molecule has 0 aliphatic carbocycles. The molecule has 0 radical (unpaired) electrons. The molecule has 1 heterocycles. The predicted octanol–water partition coefficient (Wildman–Crippen LogP) is 3.35.